The zero-order chi connectivity index (χ0) is 11.0. The van der Waals surface area contributed by atoms with E-state index in [1.807, 2.05) is 0 Å². The number of hydrogen-bond acceptors (Lipinski definition) is 4. The molecule has 6 nitrogen and oxygen atoms in total. The number of primary amides is 1. The van der Waals surface area contributed by atoms with Gasteiger partial charge in [0.2, 0.25) is 0 Å². The van der Waals surface area contributed by atoms with Crippen molar-refractivity contribution in [1.29, 1.82) is 0 Å². The van der Waals surface area contributed by atoms with Gasteiger partial charge in [-0.3, -0.25) is 0 Å². The highest BCUT2D eigenvalue weighted by atomic mass is 16.7. The van der Waals surface area contributed by atoms with Gasteiger partial charge in [0.05, 0.1) is 12.2 Å². The Kier molecular flexibility index (Phi) is 5.85. The zero-order valence-corrected chi connectivity index (χ0v) is 7.74. The van der Waals surface area contributed by atoms with Crippen LogP contribution in [-0.2, 0) is 9.63 Å². The number of urea groups is 1. The Hall–Kier alpha value is -1.78. The molecule has 0 heterocycles. The lowest BCUT2D eigenvalue weighted by molar-refractivity contribution is -0.143. The van der Waals surface area contributed by atoms with Gasteiger partial charge in [-0.2, -0.15) is 5.48 Å². The Morgan fingerprint density at radius 2 is 2.29 bits per heavy atom. The SMILES string of the molecule is CCC(=C=CCO)C(=O)ONC(N)=O. The second kappa shape index (κ2) is 6.71. The molecule has 0 aromatic carbocycles. The highest BCUT2D eigenvalue weighted by Gasteiger charge is 2.09. The van der Waals surface area contributed by atoms with E-state index in [4.69, 9.17) is 5.11 Å². The Morgan fingerprint density at radius 3 is 2.71 bits per heavy atom. The summed E-state index contributed by atoms with van der Waals surface area (Å²) >= 11 is 0. The summed E-state index contributed by atoms with van der Waals surface area (Å²) in [4.78, 5) is 25.6. The average molecular weight is 200 g/mol. The van der Waals surface area contributed by atoms with Crippen molar-refractivity contribution in [2.45, 2.75) is 13.3 Å². The molecule has 0 spiro atoms. The first-order valence-corrected chi connectivity index (χ1v) is 3.93. The van der Waals surface area contributed by atoms with Gasteiger partial charge in [-0.15, -0.1) is 5.73 Å². The monoisotopic (exact) mass is 200 g/mol. The number of hydrogen-bond donors (Lipinski definition) is 3. The molecule has 0 aliphatic carbocycles. The highest BCUT2D eigenvalue weighted by Crippen LogP contribution is 1.99. The van der Waals surface area contributed by atoms with E-state index in [0.717, 1.165) is 0 Å². The largest absolute Gasteiger partial charge is 0.392 e. The van der Waals surface area contributed by atoms with Gasteiger partial charge < -0.3 is 15.7 Å². The lowest BCUT2D eigenvalue weighted by Gasteiger charge is -2.02. The Bertz CT molecular complexity index is 279. The molecule has 0 aliphatic rings. The van der Waals surface area contributed by atoms with Crippen molar-refractivity contribution in [3.63, 3.8) is 0 Å². The summed E-state index contributed by atoms with van der Waals surface area (Å²) < 4.78 is 0. The molecular formula is C8H12N2O4. The summed E-state index contributed by atoms with van der Waals surface area (Å²) in [5.74, 6) is -0.754. The zero-order valence-electron chi connectivity index (χ0n) is 7.74. The molecular weight excluding hydrogens is 188 g/mol. The quantitative estimate of drug-likeness (QED) is 0.327. The van der Waals surface area contributed by atoms with Crippen molar-refractivity contribution >= 4 is 12.0 Å². The van der Waals surface area contributed by atoms with Crippen LogP contribution in [-0.4, -0.2) is 23.7 Å². The standard InChI is InChI=1S/C8H12N2O4/c1-2-6(4-3-5-11)7(12)14-10-8(9)13/h3,11H,2,5H2,1H3,(H3,9,10,13). The van der Waals surface area contributed by atoms with E-state index in [-0.39, 0.29) is 12.2 Å². The minimum atomic E-state index is -0.958. The summed E-state index contributed by atoms with van der Waals surface area (Å²) in [6, 6.07) is -0.958. The molecule has 0 unspecified atom stereocenters. The van der Waals surface area contributed by atoms with E-state index in [1.165, 1.54) is 6.08 Å². The number of carbonyl (C=O) groups excluding carboxylic acids is 2. The number of aliphatic hydroxyl groups is 1. The van der Waals surface area contributed by atoms with Crippen molar-refractivity contribution in [3.8, 4) is 0 Å². The van der Waals surface area contributed by atoms with Gasteiger partial charge in [-0.25, -0.2) is 9.59 Å². The van der Waals surface area contributed by atoms with Crippen molar-refractivity contribution in [1.82, 2.24) is 5.48 Å². The van der Waals surface area contributed by atoms with E-state index < -0.39 is 12.0 Å². The molecule has 0 saturated carbocycles. The van der Waals surface area contributed by atoms with Gasteiger partial charge in [0.25, 0.3) is 0 Å². The van der Waals surface area contributed by atoms with Crippen molar-refractivity contribution in [3.05, 3.63) is 17.4 Å². The number of carbonyl (C=O) groups is 2. The van der Waals surface area contributed by atoms with Crippen LogP contribution in [0.4, 0.5) is 4.79 Å². The second-order valence-corrected chi connectivity index (χ2v) is 2.22. The molecule has 14 heavy (non-hydrogen) atoms. The lowest BCUT2D eigenvalue weighted by atomic mass is 10.2. The van der Waals surface area contributed by atoms with E-state index in [9.17, 15) is 9.59 Å². The van der Waals surface area contributed by atoms with Crippen molar-refractivity contribution in [2.24, 2.45) is 5.73 Å². The minimum Gasteiger partial charge on any atom is -0.392 e. The maximum atomic E-state index is 11.1. The van der Waals surface area contributed by atoms with Gasteiger partial charge in [-0.1, -0.05) is 6.92 Å². The van der Waals surface area contributed by atoms with E-state index >= 15 is 0 Å². The summed E-state index contributed by atoms with van der Waals surface area (Å²) in [5.41, 5.74) is 9.09. The van der Waals surface area contributed by atoms with Crippen LogP contribution >= 0.6 is 0 Å². The van der Waals surface area contributed by atoms with Crippen LogP contribution < -0.4 is 11.2 Å². The molecule has 4 N–H and O–H groups in total. The number of nitrogens with two attached hydrogens (primary N) is 1. The molecule has 0 rings (SSSR count). The van der Waals surface area contributed by atoms with Gasteiger partial charge in [0.15, 0.2) is 0 Å². The average Bonchev–Trinajstić information content (AvgIpc) is 2.16. The predicted octanol–water partition coefficient (Wildman–Crippen LogP) is -0.403. The van der Waals surface area contributed by atoms with E-state index in [2.05, 4.69) is 16.3 Å². The normalized spacial score (nSPS) is 8.43. The van der Waals surface area contributed by atoms with Gasteiger partial charge >= 0.3 is 12.0 Å². The molecule has 6 heteroatoms. The smallest absolute Gasteiger partial charge is 0.366 e. The predicted molar refractivity (Wildman–Crippen MR) is 47.8 cm³/mol. The van der Waals surface area contributed by atoms with Crippen LogP contribution in [0.25, 0.3) is 0 Å². The van der Waals surface area contributed by atoms with Crippen LogP contribution in [0.5, 0.6) is 0 Å². The summed E-state index contributed by atoms with van der Waals surface area (Å²) in [6.07, 6.45) is 1.64. The molecule has 78 valence electrons. The summed E-state index contributed by atoms with van der Waals surface area (Å²) in [7, 11) is 0. The number of aliphatic hydroxyl groups excluding tert-OH is 1. The second-order valence-electron chi connectivity index (χ2n) is 2.22. The van der Waals surface area contributed by atoms with Crippen molar-refractivity contribution < 1.29 is 19.5 Å². The van der Waals surface area contributed by atoms with Crippen LogP contribution in [0.15, 0.2) is 17.4 Å². The molecule has 0 atom stereocenters. The van der Waals surface area contributed by atoms with E-state index in [1.54, 1.807) is 12.4 Å². The third-order valence-corrected chi connectivity index (χ3v) is 1.21. The number of nitrogens with one attached hydrogen (secondary N) is 1. The topological polar surface area (TPSA) is 102 Å². The third kappa shape index (κ3) is 4.97. The molecule has 0 radical (unpaired) electrons. The third-order valence-electron chi connectivity index (χ3n) is 1.21. The number of rotatable bonds is 3. The van der Waals surface area contributed by atoms with Gasteiger partial charge in [-0.05, 0) is 12.5 Å². The maximum absolute atomic E-state index is 11.1. The fourth-order valence-electron chi connectivity index (χ4n) is 0.632. The lowest BCUT2D eigenvalue weighted by Crippen LogP contribution is -2.32. The molecule has 0 fully saturated rings. The molecule has 2 amide bonds. The Labute approximate surface area is 81.0 Å². The molecule has 0 saturated heterocycles. The number of amides is 2. The van der Waals surface area contributed by atoms with Gasteiger partial charge in [0.1, 0.15) is 0 Å². The van der Waals surface area contributed by atoms with E-state index in [0.29, 0.717) is 6.42 Å². The highest BCUT2D eigenvalue weighted by molar-refractivity contribution is 5.88. The van der Waals surface area contributed by atoms with Crippen molar-refractivity contribution in [2.75, 3.05) is 6.61 Å². The minimum absolute atomic E-state index is 0.202. The summed E-state index contributed by atoms with van der Waals surface area (Å²) in [5, 5.41) is 8.44. The summed E-state index contributed by atoms with van der Waals surface area (Å²) in [6.45, 7) is 1.49. The first-order valence-electron chi connectivity index (χ1n) is 3.93. The molecule has 0 aromatic rings. The molecule has 0 bridgehead atoms. The molecule has 0 aliphatic heterocycles. The first kappa shape index (κ1) is 12.2. The fraction of sp³-hybridized carbons (Fsp3) is 0.375. The first-order chi connectivity index (χ1) is 6.61. The van der Waals surface area contributed by atoms with Crippen LogP contribution in [0.1, 0.15) is 13.3 Å². The Morgan fingerprint density at radius 1 is 1.64 bits per heavy atom. The van der Waals surface area contributed by atoms with Crippen LogP contribution in [0.2, 0.25) is 0 Å². The molecule has 0 aromatic heterocycles. The maximum Gasteiger partial charge on any atom is 0.366 e. The van der Waals surface area contributed by atoms with Crippen LogP contribution in [0.3, 0.4) is 0 Å². The number of hydroxylamine groups is 1. The van der Waals surface area contributed by atoms with Crippen LogP contribution in [0, 0.1) is 0 Å². The Balaban J connectivity index is 4.33. The fourth-order valence-corrected chi connectivity index (χ4v) is 0.632. The van der Waals surface area contributed by atoms with Gasteiger partial charge in [0, 0.05) is 0 Å².